The first-order chi connectivity index (χ1) is 8.16. The van der Waals surface area contributed by atoms with Crippen molar-refractivity contribution in [3.63, 3.8) is 0 Å². The van der Waals surface area contributed by atoms with Crippen LogP contribution in [0, 0.1) is 11.7 Å². The quantitative estimate of drug-likeness (QED) is 0.881. The van der Waals surface area contributed by atoms with Crippen LogP contribution in [-0.2, 0) is 11.2 Å². The lowest BCUT2D eigenvalue weighted by atomic mass is 10.0. The highest BCUT2D eigenvalue weighted by Gasteiger charge is 2.23. The molecule has 1 aromatic rings. The Morgan fingerprint density at radius 2 is 2.22 bits per heavy atom. The van der Waals surface area contributed by atoms with Gasteiger partial charge in [-0.2, -0.15) is 0 Å². The third kappa shape index (κ3) is 3.93. The Balaban J connectivity index is 0.00000162. The first kappa shape index (κ1) is 15.4. The Hall–Kier alpha value is -0.650. The average Bonchev–Trinajstić information content (AvgIpc) is 2.21. The summed E-state index contributed by atoms with van der Waals surface area (Å²) in [4.78, 5) is 11.5. The van der Waals surface area contributed by atoms with Gasteiger partial charge in [-0.1, -0.05) is 6.07 Å². The highest BCUT2D eigenvalue weighted by molar-refractivity contribution is 9.10. The molecular formula is C12H15BrClFN2O. The van der Waals surface area contributed by atoms with Crippen LogP contribution in [0.15, 0.2) is 22.7 Å². The van der Waals surface area contributed by atoms with Crippen molar-refractivity contribution in [1.82, 2.24) is 10.6 Å². The van der Waals surface area contributed by atoms with E-state index >= 15 is 0 Å². The molecule has 2 N–H and O–H groups in total. The van der Waals surface area contributed by atoms with Gasteiger partial charge < -0.3 is 10.6 Å². The number of amides is 1. The van der Waals surface area contributed by atoms with Crippen LogP contribution in [0.4, 0.5) is 4.39 Å². The Kier molecular flexibility index (Phi) is 6.05. The van der Waals surface area contributed by atoms with E-state index in [1.54, 1.807) is 12.1 Å². The molecule has 1 aliphatic rings. The lowest BCUT2D eigenvalue weighted by Crippen LogP contribution is -2.51. The van der Waals surface area contributed by atoms with Gasteiger partial charge in [0.1, 0.15) is 5.82 Å². The molecule has 1 amide bonds. The monoisotopic (exact) mass is 336 g/mol. The van der Waals surface area contributed by atoms with Crippen LogP contribution in [-0.4, -0.2) is 25.5 Å². The van der Waals surface area contributed by atoms with E-state index in [0.29, 0.717) is 17.4 Å². The second kappa shape index (κ2) is 7.07. The first-order valence-electron chi connectivity index (χ1n) is 5.59. The van der Waals surface area contributed by atoms with Crippen molar-refractivity contribution in [2.45, 2.75) is 6.42 Å². The van der Waals surface area contributed by atoms with Gasteiger partial charge in [-0.25, -0.2) is 4.39 Å². The first-order valence-corrected chi connectivity index (χ1v) is 6.38. The maximum Gasteiger partial charge on any atom is 0.225 e. The molecule has 1 heterocycles. The number of nitrogens with one attached hydrogen (secondary N) is 2. The summed E-state index contributed by atoms with van der Waals surface area (Å²) in [5, 5.41) is 5.93. The minimum atomic E-state index is -0.265. The highest BCUT2D eigenvalue weighted by atomic mass is 79.9. The van der Waals surface area contributed by atoms with Gasteiger partial charge in [0, 0.05) is 19.6 Å². The molecule has 0 spiro atoms. The van der Waals surface area contributed by atoms with Gasteiger partial charge in [0.25, 0.3) is 0 Å². The van der Waals surface area contributed by atoms with Crippen LogP contribution in [0.1, 0.15) is 5.56 Å². The minimum Gasteiger partial charge on any atom is -0.355 e. The molecule has 3 nitrogen and oxygen atoms in total. The second-order valence-corrected chi connectivity index (χ2v) is 5.00. The topological polar surface area (TPSA) is 41.1 Å². The van der Waals surface area contributed by atoms with E-state index in [1.165, 1.54) is 6.07 Å². The summed E-state index contributed by atoms with van der Waals surface area (Å²) < 4.78 is 13.4. The maximum absolute atomic E-state index is 13.0. The number of hydrogen-bond acceptors (Lipinski definition) is 2. The lowest BCUT2D eigenvalue weighted by Gasteiger charge is -2.25. The normalized spacial score (nSPS) is 14.6. The van der Waals surface area contributed by atoms with Gasteiger partial charge in [0.05, 0.1) is 10.4 Å². The van der Waals surface area contributed by atoms with Gasteiger partial charge >= 0.3 is 0 Å². The molecule has 0 atom stereocenters. The van der Waals surface area contributed by atoms with Crippen molar-refractivity contribution in [3.05, 3.63) is 34.1 Å². The highest BCUT2D eigenvalue weighted by Crippen LogP contribution is 2.16. The molecule has 1 aromatic carbocycles. The van der Waals surface area contributed by atoms with Crippen molar-refractivity contribution >= 4 is 34.2 Å². The van der Waals surface area contributed by atoms with Gasteiger partial charge in [0.15, 0.2) is 0 Å². The Labute approximate surface area is 120 Å². The molecule has 1 saturated heterocycles. The molecular weight excluding hydrogens is 323 g/mol. The molecule has 0 aliphatic carbocycles. The van der Waals surface area contributed by atoms with Gasteiger partial charge in [0.2, 0.25) is 5.91 Å². The SMILES string of the molecule is Cl.O=C(NCCc1ccc(F)c(Br)c1)C1CNC1. The minimum absolute atomic E-state index is 0. The van der Waals surface area contributed by atoms with E-state index in [-0.39, 0.29) is 30.0 Å². The molecule has 0 bridgehead atoms. The predicted octanol–water partition coefficient (Wildman–Crippen LogP) is 1.89. The number of carbonyl (C=O) groups excluding carboxylic acids is 1. The molecule has 0 aromatic heterocycles. The predicted molar refractivity (Wildman–Crippen MR) is 74.4 cm³/mol. The molecule has 1 fully saturated rings. The molecule has 0 unspecified atom stereocenters. The van der Waals surface area contributed by atoms with Gasteiger partial charge in [-0.05, 0) is 40.0 Å². The van der Waals surface area contributed by atoms with E-state index in [2.05, 4.69) is 26.6 Å². The summed E-state index contributed by atoms with van der Waals surface area (Å²) in [5.74, 6) is -0.0433. The van der Waals surface area contributed by atoms with Crippen LogP contribution in [0.25, 0.3) is 0 Å². The Morgan fingerprint density at radius 1 is 1.50 bits per heavy atom. The van der Waals surface area contributed by atoms with Crippen LogP contribution >= 0.6 is 28.3 Å². The van der Waals surface area contributed by atoms with E-state index in [4.69, 9.17) is 0 Å². The van der Waals surface area contributed by atoms with Gasteiger partial charge in [-0.3, -0.25) is 4.79 Å². The number of carbonyl (C=O) groups is 1. The lowest BCUT2D eigenvalue weighted by molar-refractivity contribution is -0.126. The summed E-state index contributed by atoms with van der Waals surface area (Å²) in [5.41, 5.74) is 1.00. The molecule has 18 heavy (non-hydrogen) atoms. The number of benzene rings is 1. The molecule has 100 valence electrons. The summed E-state index contributed by atoms with van der Waals surface area (Å²) in [6, 6.07) is 4.90. The zero-order chi connectivity index (χ0) is 12.3. The molecule has 0 radical (unpaired) electrons. The fraction of sp³-hybridized carbons (Fsp3) is 0.417. The smallest absolute Gasteiger partial charge is 0.225 e. The van der Waals surface area contributed by atoms with Crippen molar-refractivity contribution in [2.24, 2.45) is 5.92 Å². The fourth-order valence-corrected chi connectivity index (χ4v) is 2.07. The van der Waals surface area contributed by atoms with Gasteiger partial charge in [-0.15, -0.1) is 12.4 Å². The Bertz CT molecular complexity index is 427. The van der Waals surface area contributed by atoms with Crippen LogP contribution in [0.2, 0.25) is 0 Å². The largest absolute Gasteiger partial charge is 0.355 e. The van der Waals surface area contributed by atoms with E-state index < -0.39 is 0 Å². The number of hydrogen-bond donors (Lipinski definition) is 2. The molecule has 0 saturated carbocycles. The second-order valence-electron chi connectivity index (χ2n) is 4.14. The van der Waals surface area contributed by atoms with Crippen LogP contribution in [0.3, 0.4) is 0 Å². The van der Waals surface area contributed by atoms with Crippen molar-refractivity contribution in [3.8, 4) is 0 Å². The number of rotatable bonds is 4. The van der Waals surface area contributed by atoms with Crippen molar-refractivity contribution in [2.75, 3.05) is 19.6 Å². The summed E-state index contributed by atoms with van der Waals surface area (Å²) in [6.45, 7) is 2.13. The summed E-state index contributed by atoms with van der Waals surface area (Å²) in [7, 11) is 0. The van der Waals surface area contributed by atoms with E-state index in [9.17, 15) is 9.18 Å². The number of halogens is 3. The molecule has 1 aliphatic heterocycles. The summed E-state index contributed by atoms with van der Waals surface area (Å²) in [6.07, 6.45) is 0.713. The van der Waals surface area contributed by atoms with Crippen LogP contribution in [0.5, 0.6) is 0 Å². The molecule has 6 heteroatoms. The van der Waals surface area contributed by atoms with E-state index in [0.717, 1.165) is 18.7 Å². The zero-order valence-electron chi connectivity index (χ0n) is 9.71. The zero-order valence-corrected chi connectivity index (χ0v) is 12.1. The third-order valence-corrected chi connectivity index (χ3v) is 3.46. The van der Waals surface area contributed by atoms with Crippen molar-refractivity contribution in [1.29, 1.82) is 0 Å². The Morgan fingerprint density at radius 3 is 2.78 bits per heavy atom. The van der Waals surface area contributed by atoms with E-state index in [1.807, 2.05) is 0 Å². The average molecular weight is 338 g/mol. The van der Waals surface area contributed by atoms with Crippen LogP contribution < -0.4 is 10.6 Å². The standard InChI is InChI=1S/C12H14BrFN2O.ClH/c13-10-5-8(1-2-11(10)14)3-4-16-12(17)9-6-15-7-9;/h1-2,5,9,15H,3-4,6-7H2,(H,16,17);1H. The maximum atomic E-state index is 13.0. The van der Waals surface area contributed by atoms with Crippen molar-refractivity contribution < 1.29 is 9.18 Å². The molecule has 2 rings (SSSR count). The fourth-order valence-electron chi connectivity index (χ4n) is 1.64. The summed E-state index contributed by atoms with van der Waals surface area (Å²) >= 11 is 3.14. The third-order valence-electron chi connectivity index (χ3n) is 2.85.